The number of aliphatic hydroxyl groups excluding tert-OH is 1. The molecule has 2 rings (SSSR count). The molecule has 1 aromatic rings. The number of piperidine rings is 1. The van der Waals surface area contributed by atoms with Crippen LogP contribution in [0.4, 0.5) is 10.5 Å². The van der Waals surface area contributed by atoms with E-state index in [1.807, 2.05) is 6.92 Å². The number of nitrogens with one attached hydrogen (secondary N) is 1. The Bertz CT molecular complexity index is 838. The summed E-state index contributed by atoms with van der Waals surface area (Å²) in [5, 5.41) is 12.4. The van der Waals surface area contributed by atoms with E-state index in [0.717, 1.165) is 44.1 Å². The van der Waals surface area contributed by atoms with Gasteiger partial charge >= 0.3 is 6.09 Å². The molecule has 8 nitrogen and oxygen atoms in total. The van der Waals surface area contributed by atoms with Gasteiger partial charge in [-0.05, 0) is 64.0 Å². The van der Waals surface area contributed by atoms with Crippen molar-refractivity contribution in [3.63, 3.8) is 0 Å². The molecule has 0 bridgehead atoms. The number of hydrogen-bond donors (Lipinski definition) is 2. The van der Waals surface area contributed by atoms with Crippen molar-refractivity contribution in [3.8, 4) is 5.75 Å². The van der Waals surface area contributed by atoms with Crippen LogP contribution in [0.15, 0.2) is 24.8 Å². The van der Waals surface area contributed by atoms with E-state index in [1.54, 1.807) is 24.0 Å². The number of aryl methyl sites for hydroxylation is 1. The molecule has 0 radical (unpaired) electrons. The number of unbranched alkanes of at least 4 members (excludes halogenated alkanes) is 2. The molecular formula is C25H36N2O6. The molecule has 2 N–H and O–H groups in total. The lowest BCUT2D eigenvalue weighted by molar-refractivity contribution is -0.117. The molecule has 1 aliphatic rings. The predicted molar refractivity (Wildman–Crippen MR) is 127 cm³/mol. The third-order valence-corrected chi connectivity index (χ3v) is 5.64. The van der Waals surface area contributed by atoms with Crippen LogP contribution in [0.1, 0.15) is 67.8 Å². The summed E-state index contributed by atoms with van der Waals surface area (Å²) >= 11 is 0. The molecule has 1 saturated heterocycles. The Morgan fingerprint density at radius 2 is 2.03 bits per heavy atom. The van der Waals surface area contributed by atoms with E-state index in [2.05, 4.69) is 11.9 Å². The second kappa shape index (κ2) is 13.6. The molecule has 2 amide bonds. The SMILES string of the molecule is C=CCOC(=O)Nc1cc(OCCCCCC(C)=O)c(C)cc1C(=O)N1CCCC[C@H]1CO. The van der Waals surface area contributed by atoms with Gasteiger partial charge in [0, 0.05) is 19.0 Å². The number of amides is 2. The van der Waals surface area contributed by atoms with Crippen molar-refractivity contribution in [3.05, 3.63) is 35.9 Å². The van der Waals surface area contributed by atoms with Crippen LogP contribution < -0.4 is 10.1 Å². The summed E-state index contributed by atoms with van der Waals surface area (Å²) in [6.07, 6.45) is 6.42. The van der Waals surface area contributed by atoms with Crippen LogP contribution in [0, 0.1) is 6.92 Å². The minimum Gasteiger partial charge on any atom is -0.493 e. The highest BCUT2D eigenvalue weighted by molar-refractivity contribution is 6.03. The molecule has 1 heterocycles. The van der Waals surface area contributed by atoms with E-state index in [4.69, 9.17) is 9.47 Å². The molecule has 1 aliphatic heterocycles. The van der Waals surface area contributed by atoms with Gasteiger partial charge in [-0.15, -0.1) is 0 Å². The summed E-state index contributed by atoms with van der Waals surface area (Å²) < 4.78 is 10.9. The second-order valence-corrected chi connectivity index (χ2v) is 8.37. The van der Waals surface area contributed by atoms with Gasteiger partial charge in [0.15, 0.2) is 0 Å². The molecule has 8 heteroatoms. The Labute approximate surface area is 195 Å². The number of rotatable bonds is 12. The summed E-state index contributed by atoms with van der Waals surface area (Å²) in [4.78, 5) is 38.3. The third kappa shape index (κ3) is 8.20. The van der Waals surface area contributed by atoms with Crippen molar-refractivity contribution >= 4 is 23.5 Å². The van der Waals surface area contributed by atoms with E-state index in [0.29, 0.717) is 36.6 Å². The van der Waals surface area contributed by atoms with Gasteiger partial charge in [0.1, 0.15) is 18.1 Å². The number of anilines is 1. The first-order chi connectivity index (χ1) is 15.9. The lowest BCUT2D eigenvalue weighted by atomic mass is 10.00. The molecular weight excluding hydrogens is 424 g/mol. The van der Waals surface area contributed by atoms with Crippen molar-refractivity contribution in [1.82, 2.24) is 4.90 Å². The number of ketones is 1. The fourth-order valence-corrected chi connectivity index (χ4v) is 3.85. The number of Topliss-reactive ketones (excluding diaryl/α,β-unsaturated/α-hetero) is 1. The number of ether oxygens (including phenoxy) is 2. The van der Waals surface area contributed by atoms with Crippen LogP contribution in [-0.4, -0.2) is 60.2 Å². The van der Waals surface area contributed by atoms with Gasteiger partial charge in [-0.3, -0.25) is 10.1 Å². The van der Waals surface area contributed by atoms with Gasteiger partial charge in [-0.1, -0.05) is 12.7 Å². The van der Waals surface area contributed by atoms with Gasteiger partial charge < -0.3 is 24.3 Å². The number of aliphatic hydroxyl groups is 1. The summed E-state index contributed by atoms with van der Waals surface area (Å²) in [5.41, 5.74) is 1.40. The maximum atomic E-state index is 13.4. The number of carbonyl (C=O) groups excluding carboxylic acids is 3. The molecule has 0 spiro atoms. The lowest BCUT2D eigenvalue weighted by Crippen LogP contribution is -2.45. The van der Waals surface area contributed by atoms with Crippen LogP contribution in [0.3, 0.4) is 0 Å². The zero-order valence-corrected chi connectivity index (χ0v) is 19.7. The van der Waals surface area contributed by atoms with Gasteiger partial charge in [-0.25, -0.2) is 4.79 Å². The Morgan fingerprint density at radius 1 is 1.24 bits per heavy atom. The first kappa shape index (κ1) is 26.4. The fourth-order valence-electron chi connectivity index (χ4n) is 3.85. The Hall–Kier alpha value is -2.87. The highest BCUT2D eigenvalue weighted by Gasteiger charge is 2.29. The predicted octanol–water partition coefficient (Wildman–Crippen LogP) is 4.24. The average Bonchev–Trinajstić information content (AvgIpc) is 2.80. The molecule has 1 aromatic carbocycles. The molecule has 33 heavy (non-hydrogen) atoms. The summed E-state index contributed by atoms with van der Waals surface area (Å²) in [6.45, 7) is 7.93. The normalized spacial score (nSPS) is 15.6. The van der Waals surface area contributed by atoms with Crippen molar-refractivity contribution < 1.29 is 29.0 Å². The quantitative estimate of drug-likeness (QED) is 0.357. The zero-order chi connectivity index (χ0) is 24.2. The van der Waals surface area contributed by atoms with E-state index in [9.17, 15) is 19.5 Å². The molecule has 0 saturated carbocycles. The van der Waals surface area contributed by atoms with Crippen LogP contribution in [0.2, 0.25) is 0 Å². The number of likely N-dealkylation sites (tertiary alicyclic amines) is 1. The number of benzene rings is 1. The minimum atomic E-state index is -0.694. The first-order valence-corrected chi connectivity index (χ1v) is 11.6. The second-order valence-electron chi connectivity index (χ2n) is 8.37. The zero-order valence-electron chi connectivity index (χ0n) is 19.7. The van der Waals surface area contributed by atoms with Crippen LogP contribution in [-0.2, 0) is 9.53 Å². The van der Waals surface area contributed by atoms with E-state index in [1.165, 1.54) is 6.08 Å². The van der Waals surface area contributed by atoms with Crippen LogP contribution in [0.25, 0.3) is 0 Å². The maximum absolute atomic E-state index is 13.4. The minimum absolute atomic E-state index is 0.0449. The van der Waals surface area contributed by atoms with Crippen LogP contribution >= 0.6 is 0 Å². The summed E-state index contributed by atoms with van der Waals surface area (Å²) in [7, 11) is 0. The molecule has 0 aromatic heterocycles. The van der Waals surface area contributed by atoms with Gasteiger partial charge in [0.25, 0.3) is 5.91 Å². The largest absolute Gasteiger partial charge is 0.493 e. The number of hydrogen-bond acceptors (Lipinski definition) is 6. The number of carbonyl (C=O) groups is 3. The van der Waals surface area contributed by atoms with Crippen molar-refractivity contribution in [2.45, 2.75) is 64.8 Å². The third-order valence-electron chi connectivity index (χ3n) is 5.64. The Morgan fingerprint density at radius 3 is 2.73 bits per heavy atom. The Kier molecular flexibility index (Phi) is 10.9. The number of nitrogens with zero attached hydrogens (tertiary/aromatic N) is 1. The first-order valence-electron chi connectivity index (χ1n) is 11.6. The Balaban J connectivity index is 2.20. The van der Waals surface area contributed by atoms with Crippen molar-refractivity contribution in [2.24, 2.45) is 0 Å². The van der Waals surface area contributed by atoms with E-state index >= 15 is 0 Å². The highest BCUT2D eigenvalue weighted by Crippen LogP contribution is 2.30. The van der Waals surface area contributed by atoms with Crippen molar-refractivity contribution in [2.75, 3.05) is 31.7 Å². The lowest BCUT2D eigenvalue weighted by Gasteiger charge is -2.35. The average molecular weight is 461 g/mol. The standard InChI is InChI=1S/C25H36N2O6/c1-4-13-33-25(31)26-22-16-23(32-14-9-5-6-10-19(3)29)18(2)15-21(22)24(30)27-12-8-7-11-20(27)17-28/h4,15-16,20,28H,1,5-14,17H2,2-3H3,(H,26,31)/t20-/m0/s1. The van der Waals surface area contributed by atoms with E-state index in [-0.39, 0.29) is 30.9 Å². The van der Waals surface area contributed by atoms with Gasteiger partial charge in [0.05, 0.1) is 30.5 Å². The monoisotopic (exact) mass is 460 g/mol. The molecule has 1 fully saturated rings. The highest BCUT2D eigenvalue weighted by atomic mass is 16.5. The molecule has 0 unspecified atom stereocenters. The molecule has 1 atom stereocenters. The fraction of sp³-hybridized carbons (Fsp3) is 0.560. The summed E-state index contributed by atoms with van der Waals surface area (Å²) in [5.74, 6) is 0.504. The summed E-state index contributed by atoms with van der Waals surface area (Å²) in [6, 6.07) is 3.11. The maximum Gasteiger partial charge on any atom is 0.411 e. The van der Waals surface area contributed by atoms with Crippen molar-refractivity contribution in [1.29, 1.82) is 0 Å². The molecule has 182 valence electrons. The van der Waals surface area contributed by atoms with Gasteiger partial charge in [-0.2, -0.15) is 0 Å². The smallest absolute Gasteiger partial charge is 0.411 e. The van der Waals surface area contributed by atoms with Crippen LogP contribution in [0.5, 0.6) is 5.75 Å². The molecule has 0 aliphatic carbocycles. The van der Waals surface area contributed by atoms with E-state index < -0.39 is 6.09 Å². The van der Waals surface area contributed by atoms with Gasteiger partial charge in [0.2, 0.25) is 0 Å². The topological polar surface area (TPSA) is 105 Å².